The van der Waals surface area contributed by atoms with Crippen molar-refractivity contribution in [3.05, 3.63) is 64.3 Å². The molecular formula is C17H13BrN2O2S. The Labute approximate surface area is 147 Å². The lowest BCUT2D eigenvalue weighted by Crippen LogP contribution is -2.30. The normalized spacial score (nSPS) is 15.9. The molecule has 6 heteroatoms. The third-order valence-electron chi connectivity index (χ3n) is 3.39. The van der Waals surface area contributed by atoms with Crippen molar-refractivity contribution < 1.29 is 9.53 Å². The molecule has 1 aliphatic heterocycles. The van der Waals surface area contributed by atoms with E-state index in [1.807, 2.05) is 48.5 Å². The lowest BCUT2D eigenvalue weighted by molar-refractivity contribution is -0.113. The van der Waals surface area contributed by atoms with E-state index in [1.54, 1.807) is 13.2 Å². The second kappa shape index (κ2) is 6.52. The molecule has 0 unspecified atom stereocenters. The van der Waals surface area contributed by atoms with Crippen molar-refractivity contribution >= 4 is 50.9 Å². The lowest BCUT2D eigenvalue weighted by atomic mass is 10.2. The molecule has 116 valence electrons. The van der Waals surface area contributed by atoms with Crippen LogP contribution in [0.4, 0.5) is 5.69 Å². The Kier molecular flexibility index (Phi) is 4.45. The van der Waals surface area contributed by atoms with Gasteiger partial charge in [0.25, 0.3) is 5.91 Å². The first-order valence-corrected chi connectivity index (χ1v) is 8.05. The number of ether oxygens (including phenoxy) is 1. The number of nitrogens with one attached hydrogen (secondary N) is 1. The highest BCUT2D eigenvalue weighted by atomic mass is 79.9. The first-order chi connectivity index (χ1) is 11.1. The van der Waals surface area contributed by atoms with Crippen molar-refractivity contribution in [2.45, 2.75) is 0 Å². The van der Waals surface area contributed by atoms with Gasteiger partial charge in [-0.15, -0.1) is 0 Å². The van der Waals surface area contributed by atoms with Crippen LogP contribution in [0.2, 0.25) is 0 Å². The van der Waals surface area contributed by atoms with E-state index in [1.165, 1.54) is 4.90 Å². The number of methoxy groups -OCH3 is 1. The molecule has 23 heavy (non-hydrogen) atoms. The molecule has 1 N–H and O–H groups in total. The Bertz CT molecular complexity index is 785. The first kappa shape index (κ1) is 15.7. The van der Waals surface area contributed by atoms with E-state index in [4.69, 9.17) is 17.0 Å². The number of rotatable bonds is 3. The number of carbonyl (C=O) groups excluding carboxylic acids is 1. The van der Waals surface area contributed by atoms with Gasteiger partial charge in [0, 0.05) is 4.47 Å². The van der Waals surface area contributed by atoms with Gasteiger partial charge in [0.15, 0.2) is 5.11 Å². The molecule has 1 heterocycles. The molecule has 1 saturated heterocycles. The van der Waals surface area contributed by atoms with Crippen LogP contribution >= 0.6 is 28.1 Å². The van der Waals surface area contributed by atoms with Crippen molar-refractivity contribution in [3.8, 4) is 5.75 Å². The molecule has 1 amide bonds. The van der Waals surface area contributed by atoms with Gasteiger partial charge < -0.3 is 10.1 Å². The molecule has 3 rings (SSSR count). The molecule has 1 aliphatic rings. The van der Waals surface area contributed by atoms with E-state index < -0.39 is 0 Å². The van der Waals surface area contributed by atoms with Crippen LogP contribution in [0.25, 0.3) is 6.08 Å². The predicted octanol–water partition coefficient (Wildman–Crippen LogP) is 3.72. The summed E-state index contributed by atoms with van der Waals surface area (Å²) in [6, 6.07) is 14.9. The Morgan fingerprint density at radius 1 is 1.13 bits per heavy atom. The molecule has 2 aromatic carbocycles. The molecule has 0 spiro atoms. The molecule has 2 aromatic rings. The molecule has 4 nitrogen and oxygen atoms in total. The molecule has 0 bridgehead atoms. The molecule has 0 aromatic heterocycles. The second-order valence-corrected chi connectivity index (χ2v) is 6.18. The lowest BCUT2D eigenvalue weighted by Gasteiger charge is -2.13. The summed E-state index contributed by atoms with van der Waals surface area (Å²) < 4.78 is 6.07. The molecule has 0 aliphatic carbocycles. The largest absolute Gasteiger partial charge is 0.497 e. The topological polar surface area (TPSA) is 41.6 Å². The highest BCUT2D eigenvalue weighted by Crippen LogP contribution is 2.24. The zero-order valence-electron chi connectivity index (χ0n) is 12.2. The van der Waals surface area contributed by atoms with Crippen LogP contribution in [0.1, 0.15) is 5.56 Å². The molecule has 0 radical (unpaired) electrons. The zero-order valence-corrected chi connectivity index (χ0v) is 14.6. The van der Waals surface area contributed by atoms with E-state index >= 15 is 0 Å². The summed E-state index contributed by atoms with van der Waals surface area (Å²) >= 11 is 8.67. The van der Waals surface area contributed by atoms with Gasteiger partial charge in [0.05, 0.1) is 12.8 Å². The summed E-state index contributed by atoms with van der Waals surface area (Å²) in [5.74, 6) is 0.595. The second-order valence-electron chi connectivity index (χ2n) is 4.88. The van der Waals surface area contributed by atoms with Crippen molar-refractivity contribution in [2.24, 2.45) is 0 Å². The van der Waals surface area contributed by atoms with E-state index in [0.717, 1.165) is 21.5 Å². The van der Waals surface area contributed by atoms with E-state index in [0.29, 0.717) is 10.8 Å². The Hall–Kier alpha value is -2.18. The average molecular weight is 389 g/mol. The van der Waals surface area contributed by atoms with Gasteiger partial charge in [-0.2, -0.15) is 0 Å². The molecule has 0 saturated carbocycles. The van der Waals surface area contributed by atoms with Gasteiger partial charge in [-0.1, -0.05) is 28.1 Å². The van der Waals surface area contributed by atoms with Crippen LogP contribution in [-0.4, -0.2) is 18.1 Å². The number of amides is 1. The summed E-state index contributed by atoms with van der Waals surface area (Å²) in [6.45, 7) is 0. The summed E-state index contributed by atoms with van der Waals surface area (Å²) in [5.41, 5.74) is 2.07. The number of nitrogens with zero attached hydrogens (tertiary/aromatic N) is 1. The van der Waals surface area contributed by atoms with Crippen LogP contribution in [-0.2, 0) is 4.79 Å². The van der Waals surface area contributed by atoms with Gasteiger partial charge in [-0.25, -0.2) is 0 Å². The fraction of sp³-hybridized carbons (Fsp3) is 0.0588. The van der Waals surface area contributed by atoms with Crippen LogP contribution in [0.3, 0.4) is 0 Å². The summed E-state index contributed by atoms with van der Waals surface area (Å²) in [6.07, 6.45) is 1.77. The smallest absolute Gasteiger partial charge is 0.281 e. The van der Waals surface area contributed by atoms with Gasteiger partial charge in [0.2, 0.25) is 0 Å². The monoisotopic (exact) mass is 388 g/mol. The van der Waals surface area contributed by atoms with E-state index in [2.05, 4.69) is 21.2 Å². The third kappa shape index (κ3) is 3.28. The van der Waals surface area contributed by atoms with Crippen LogP contribution < -0.4 is 15.0 Å². The number of benzene rings is 2. The maximum atomic E-state index is 12.6. The average Bonchev–Trinajstić information content (AvgIpc) is 2.83. The van der Waals surface area contributed by atoms with Crippen molar-refractivity contribution in [1.29, 1.82) is 0 Å². The number of carbonyl (C=O) groups is 1. The van der Waals surface area contributed by atoms with Gasteiger partial charge in [-0.05, 0) is 60.3 Å². The van der Waals surface area contributed by atoms with Crippen molar-refractivity contribution in [1.82, 2.24) is 5.32 Å². The highest BCUT2D eigenvalue weighted by Gasteiger charge is 2.31. The number of hydrogen-bond donors (Lipinski definition) is 1. The van der Waals surface area contributed by atoms with Gasteiger partial charge >= 0.3 is 0 Å². The highest BCUT2D eigenvalue weighted by molar-refractivity contribution is 9.10. The minimum Gasteiger partial charge on any atom is -0.497 e. The van der Waals surface area contributed by atoms with E-state index in [9.17, 15) is 4.79 Å². The Morgan fingerprint density at radius 2 is 1.78 bits per heavy atom. The maximum absolute atomic E-state index is 12.6. The summed E-state index contributed by atoms with van der Waals surface area (Å²) in [4.78, 5) is 14.1. The van der Waals surface area contributed by atoms with Crippen LogP contribution in [0.5, 0.6) is 5.75 Å². The Morgan fingerprint density at radius 3 is 2.39 bits per heavy atom. The fourth-order valence-corrected chi connectivity index (χ4v) is 2.79. The quantitative estimate of drug-likeness (QED) is 0.642. The third-order valence-corrected chi connectivity index (χ3v) is 4.20. The molecule has 1 fully saturated rings. The Balaban J connectivity index is 1.88. The van der Waals surface area contributed by atoms with E-state index in [-0.39, 0.29) is 5.91 Å². The molecular weight excluding hydrogens is 376 g/mol. The van der Waals surface area contributed by atoms with Gasteiger partial charge in [0.1, 0.15) is 11.4 Å². The number of anilines is 1. The standard InChI is InChI=1S/C17H13BrN2O2S/c1-22-14-8-2-11(3-9-14)10-15-16(21)20(17(23)19-15)13-6-4-12(18)5-7-13/h2-10H,1H3,(H,19,23)/b15-10-. The number of thiocarbonyl (C=S) groups is 1. The fourth-order valence-electron chi connectivity index (χ4n) is 2.23. The minimum atomic E-state index is -0.173. The zero-order chi connectivity index (χ0) is 16.4. The van der Waals surface area contributed by atoms with Crippen molar-refractivity contribution in [2.75, 3.05) is 12.0 Å². The van der Waals surface area contributed by atoms with Crippen molar-refractivity contribution in [3.63, 3.8) is 0 Å². The first-order valence-electron chi connectivity index (χ1n) is 6.85. The summed E-state index contributed by atoms with van der Waals surface area (Å²) in [5, 5.41) is 3.34. The SMILES string of the molecule is COc1ccc(/C=C2\NC(=S)N(c3ccc(Br)cc3)C2=O)cc1. The summed E-state index contributed by atoms with van der Waals surface area (Å²) in [7, 11) is 1.62. The predicted molar refractivity (Wildman–Crippen MR) is 98.3 cm³/mol. The molecule has 0 atom stereocenters. The van der Waals surface area contributed by atoms with Crippen LogP contribution in [0.15, 0.2) is 58.7 Å². The number of halogens is 1. The van der Waals surface area contributed by atoms with Gasteiger partial charge in [-0.3, -0.25) is 9.69 Å². The van der Waals surface area contributed by atoms with Crippen LogP contribution in [0, 0.1) is 0 Å². The maximum Gasteiger partial charge on any atom is 0.281 e. The minimum absolute atomic E-state index is 0.173. The number of hydrogen-bond acceptors (Lipinski definition) is 3.